The summed E-state index contributed by atoms with van der Waals surface area (Å²) in [4.78, 5) is 22.1. The Kier molecular flexibility index (Phi) is 7.04. The lowest BCUT2D eigenvalue weighted by molar-refractivity contribution is 0.0500. The first-order chi connectivity index (χ1) is 16.1. The fourth-order valence-corrected chi connectivity index (χ4v) is 4.36. The standard InChI is InChI=1S/C25H25N3O4S/c1-4-5-11-32-25(29)17-7-6-8-18(12-17)28-23-22-19(14-33-24(22)27-15-26-23)16-9-10-20(30-2)21(13-16)31-3/h6-10,12-15H,4-5,11H2,1-3H3,(H,26,27,28). The Hall–Kier alpha value is -3.65. The predicted octanol–water partition coefficient (Wildman–Crippen LogP) is 6.08. The Bertz CT molecular complexity index is 1270. The minimum absolute atomic E-state index is 0.332. The number of carbonyl (C=O) groups excluding carboxylic acids is 1. The van der Waals surface area contributed by atoms with E-state index in [0.29, 0.717) is 29.5 Å². The van der Waals surface area contributed by atoms with Gasteiger partial charge in [-0.25, -0.2) is 14.8 Å². The number of nitrogens with zero attached hydrogens (tertiary/aromatic N) is 2. The first kappa shape index (κ1) is 22.5. The zero-order valence-electron chi connectivity index (χ0n) is 18.8. The van der Waals surface area contributed by atoms with Crippen LogP contribution in [-0.2, 0) is 4.74 Å². The second kappa shape index (κ2) is 10.3. The number of hydrogen-bond donors (Lipinski definition) is 1. The lowest BCUT2D eigenvalue weighted by atomic mass is 10.1. The van der Waals surface area contributed by atoms with E-state index < -0.39 is 0 Å². The second-order valence-electron chi connectivity index (χ2n) is 7.32. The summed E-state index contributed by atoms with van der Waals surface area (Å²) in [6, 6.07) is 13.0. The number of fused-ring (bicyclic) bond motifs is 1. The average Bonchev–Trinajstić information content (AvgIpc) is 3.29. The van der Waals surface area contributed by atoms with Crippen LogP contribution in [-0.4, -0.2) is 36.8 Å². The fourth-order valence-electron chi connectivity index (χ4n) is 3.44. The van der Waals surface area contributed by atoms with Crippen molar-refractivity contribution in [2.75, 3.05) is 26.1 Å². The molecular formula is C25H25N3O4S. The maximum atomic E-state index is 12.4. The summed E-state index contributed by atoms with van der Waals surface area (Å²) in [7, 11) is 3.23. The lowest BCUT2D eigenvalue weighted by Gasteiger charge is -2.11. The highest BCUT2D eigenvalue weighted by Crippen LogP contribution is 2.40. The highest BCUT2D eigenvalue weighted by Gasteiger charge is 2.16. The number of nitrogens with one attached hydrogen (secondary N) is 1. The number of aromatic nitrogens is 2. The number of anilines is 2. The van der Waals surface area contributed by atoms with E-state index in [2.05, 4.69) is 22.2 Å². The molecule has 2 heterocycles. The van der Waals surface area contributed by atoms with Crippen LogP contribution in [0.3, 0.4) is 0 Å². The molecule has 0 spiro atoms. The van der Waals surface area contributed by atoms with Gasteiger partial charge in [0, 0.05) is 16.6 Å². The molecule has 8 heteroatoms. The molecule has 0 fully saturated rings. The van der Waals surface area contributed by atoms with Gasteiger partial charge in [-0.15, -0.1) is 11.3 Å². The van der Waals surface area contributed by atoms with Crippen LogP contribution in [0.2, 0.25) is 0 Å². The van der Waals surface area contributed by atoms with Crippen molar-refractivity contribution in [3.8, 4) is 22.6 Å². The van der Waals surface area contributed by atoms with Crippen LogP contribution >= 0.6 is 11.3 Å². The fraction of sp³-hybridized carbons (Fsp3) is 0.240. The van der Waals surface area contributed by atoms with Crippen molar-refractivity contribution in [2.24, 2.45) is 0 Å². The summed E-state index contributed by atoms with van der Waals surface area (Å²) in [6.45, 7) is 2.48. The van der Waals surface area contributed by atoms with Gasteiger partial charge in [0.15, 0.2) is 11.5 Å². The van der Waals surface area contributed by atoms with E-state index in [1.807, 2.05) is 35.7 Å². The quantitative estimate of drug-likeness (QED) is 0.238. The molecule has 0 aliphatic heterocycles. The van der Waals surface area contributed by atoms with Gasteiger partial charge in [-0.3, -0.25) is 0 Å². The molecule has 0 amide bonds. The van der Waals surface area contributed by atoms with Crippen molar-refractivity contribution < 1.29 is 19.0 Å². The van der Waals surface area contributed by atoms with Crippen molar-refractivity contribution in [3.05, 3.63) is 59.7 Å². The summed E-state index contributed by atoms with van der Waals surface area (Å²) in [5.74, 6) is 1.64. The number of benzene rings is 2. The number of unbranched alkanes of at least 4 members (excludes halogenated alkanes) is 1. The number of methoxy groups -OCH3 is 2. The van der Waals surface area contributed by atoms with Gasteiger partial charge in [0.2, 0.25) is 0 Å². The largest absolute Gasteiger partial charge is 0.493 e. The third-order valence-electron chi connectivity index (χ3n) is 5.16. The predicted molar refractivity (Wildman–Crippen MR) is 131 cm³/mol. The summed E-state index contributed by atoms with van der Waals surface area (Å²) in [5, 5.41) is 6.29. The van der Waals surface area contributed by atoms with Crippen molar-refractivity contribution in [3.63, 3.8) is 0 Å². The molecule has 170 valence electrons. The molecule has 0 unspecified atom stereocenters. The molecule has 0 saturated heterocycles. The molecule has 2 aromatic heterocycles. The number of esters is 1. The molecule has 33 heavy (non-hydrogen) atoms. The highest BCUT2D eigenvalue weighted by molar-refractivity contribution is 7.17. The van der Waals surface area contributed by atoms with E-state index in [4.69, 9.17) is 14.2 Å². The van der Waals surface area contributed by atoms with Crippen molar-refractivity contribution in [2.45, 2.75) is 19.8 Å². The zero-order valence-corrected chi connectivity index (χ0v) is 19.6. The summed E-state index contributed by atoms with van der Waals surface area (Å²) in [6.07, 6.45) is 3.35. The maximum Gasteiger partial charge on any atom is 0.338 e. The van der Waals surface area contributed by atoms with E-state index in [1.54, 1.807) is 26.4 Å². The summed E-state index contributed by atoms with van der Waals surface area (Å²) < 4.78 is 16.2. The molecule has 4 aromatic rings. The van der Waals surface area contributed by atoms with Gasteiger partial charge in [0.05, 0.1) is 31.8 Å². The van der Waals surface area contributed by atoms with E-state index in [0.717, 1.165) is 39.9 Å². The van der Waals surface area contributed by atoms with E-state index >= 15 is 0 Å². The van der Waals surface area contributed by atoms with Crippen molar-refractivity contribution in [1.82, 2.24) is 9.97 Å². The van der Waals surface area contributed by atoms with Crippen LogP contribution in [0.4, 0.5) is 11.5 Å². The van der Waals surface area contributed by atoms with Crippen LogP contribution in [0, 0.1) is 0 Å². The average molecular weight is 464 g/mol. The van der Waals surface area contributed by atoms with Crippen LogP contribution in [0.1, 0.15) is 30.1 Å². The van der Waals surface area contributed by atoms with E-state index in [1.165, 1.54) is 17.7 Å². The molecule has 0 aliphatic carbocycles. The first-order valence-electron chi connectivity index (χ1n) is 10.6. The van der Waals surface area contributed by atoms with Gasteiger partial charge in [-0.2, -0.15) is 0 Å². The van der Waals surface area contributed by atoms with Crippen LogP contribution in [0.5, 0.6) is 11.5 Å². The first-order valence-corrected chi connectivity index (χ1v) is 11.5. The summed E-state index contributed by atoms with van der Waals surface area (Å²) in [5.41, 5.74) is 3.18. The van der Waals surface area contributed by atoms with Crippen LogP contribution < -0.4 is 14.8 Å². The van der Waals surface area contributed by atoms with Crippen LogP contribution in [0.25, 0.3) is 21.3 Å². The molecule has 0 atom stereocenters. The minimum Gasteiger partial charge on any atom is -0.493 e. The number of carbonyl (C=O) groups is 1. The highest BCUT2D eigenvalue weighted by atomic mass is 32.1. The molecule has 0 bridgehead atoms. The Morgan fingerprint density at radius 3 is 2.70 bits per heavy atom. The van der Waals surface area contributed by atoms with Gasteiger partial charge >= 0.3 is 5.97 Å². The third-order valence-corrected chi connectivity index (χ3v) is 6.04. The minimum atomic E-state index is -0.332. The molecule has 4 rings (SSSR count). The van der Waals surface area contributed by atoms with Gasteiger partial charge in [0.25, 0.3) is 0 Å². The normalized spacial score (nSPS) is 10.8. The Balaban J connectivity index is 1.67. The molecule has 2 aromatic carbocycles. The van der Waals surface area contributed by atoms with E-state index in [-0.39, 0.29) is 5.97 Å². The smallest absolute Gasteiger partial charge is 0.338 e. The summed E-state index contributed by atoms with van der Waals surface area (Å²) >= 11 is 1.54. The molecule has 0 aliphatic rings. The maximum absolute atomic E-state index is 12.4. The molecule has 0 saturated carbocycles. The number of thiophene rings is 1. The molecule has 7 nitrogen and oxygen atoms in total. The number of ether oxygens (including phenoxy) is 3. The van der Waals surface area contributed by atoms with Gasteiger partial charge in [-0.1, -0.05) is 25.5 Å². The van der Waals surface area contributed by atoms with E-state index in [9.17, 15) is 4.79 Å². The third kappa shape index (κ3) is 4.90. The van der Waals surface area contributed by atoms with Gasteiger partial charge < -0.3 is 19.5 Å². The SMILES string of the molecule is CCCCOC(=O)c1cccc(Nc2ncnc3scc(-c4ccc(OC)c(OC)c4)c23)c1. The zero-order chi connectivity index (χ0) is 23.2. The van der Waals surface area contributed by atoms with Gasteiger partial charge in [-0.05, 0) is 42.3 Å². The Morgan fingerprint density at radius 1 is 1.06 bits per heavy atom. The van der Waals surface area contributed by atoms with Crippen LogP contribution in [0.15, 0.2) is 54.2 Å². The van der Waals surface area contributed by atoms with Crippen molar-refractivity contribution in [1.29, 1.82) is 0 Å². The second-order valence-corrected chi connectivity index (χ2v) is 8.17. The number of hydrogen-bond acceptors (Lipinski definition) is 8. The lowest BCUT2D eigenvalue weighted by Crippen LogP contribution is -2.06. The van der Waals surface area contributed by atoms with Crippen molar-refractivity contribution >= 4 is 39.0 Å². The molecule has 1 N–H and O–H groups in total. The topological polar surface area (TPSA) is 82.6 Å². The van der Waals surface area contributed by atoms with Gasteiger partial charge in [0.1, 0.15) is 17.0 Å². The molecule has 0 radical (unpaired) electrons. The Morgan fingerprint density at radius 2 is 1.91 bits per heavy atom. The molecular weight excluding hydrogens is 438 g/mol. The number of rotatable bonds is 9. The Labute approximate surface area is 196 Å². The monoisotopic (exact) mass is 463 g/mol.